The molecular formula is C25H21BrN2O2. The zero-order valence-electron chi connectivity index (χ0n) is 16.7. The first-order chi connectivity index (χ1) is 14.6. The van der Waals surface area contributed by atoms with Crippen LogP contribution in [0, 0.1) is 0 Å². The minimum Gasteiger partial charge on any atom is -0.486 e. The molecule has 0 amide bonds. The van der Waals surface area contributed by atoms with Crippen molar-refractivity contribution < 1.29 is 9.53 Å². The standard InChI is InChI=1S/C25H21BrN2O2/c1-2-20(29)15-30-21-10-18-9-17(8-16-4-3-7-27-13-16)14-28-24-6-5-19(26)11-22(24)23(12-21)25(18)28/h3-7,10-14H,2,8-9,15H2,1H3. The number of ether oxygens (including phenoxy) is 1. The average Bonchev–Trinajstić information content (AvgIpc) is 3.06. The van der Waals surface area contributed by atoms with E-state index in [9.17, 15) is 4.79 Å². The number of ketones is 1. The zero-order valence-corrected chi connectivity index (χ0v) is 18.3. The van der Waals surface area contributed by atoms with Crippen LogP contribution < -0.4 is 4.74 Å². The normalized spacial score (nSPS) is 12.9. The Bertz CT molecular complexity index is 1310. The molecule has 4 nitrogen and oxygen atoms in total. The number of hydrogen-bond acceptors (Lipinski definition) is 3. The van der Waals surface area contributed by atoms with Crippen molar-refractivity contribution in [2.75, 3.05) is 6.61 Å². The average molecular weight is 461 g/mol. The highest BCUT2D eigenvalue weighted by Gasteiger charge is 2.20. The smallest absolute Gasteiger partial charge is 0.169 e. The van der Waals surface area contributed by atoms with Crippen LogP contribution >= 0.6 is 15.9 Å². The molecule has 5 rings (SSSR count). The molecule has 30 heavy (non-hydrogen) atoms. The molecule has 0 atom stereocenters. The van der Waals surface area contributed by atoms with Crippen LogP contribution in [0.2, 0.25) is 0 Å². The van der Waals surface area contributed by atoms with Crippen molar-refractivity contribution in [1.82, 2.24) is 9.55 Å². The van der Waals surface area contributed by atoms with Gasteiger partial charge in [-0.1, -0.05) is 28.9 Å². The fourth-order valence-corrected chi connectivity index (χ4v) is 4.53. The van der Waals surface area contributed by atoms with Gasteiger partial charge in [-0.25, -0.2) is 0 Å². The Labute approximate surface area is 183 Å². The minimum atomic E-state index is 0.103. The lowest BCUT2D eigenvalue weighted by atomic mass is 9.96. The SMILES string of the molecule is CCC(=O)COc1cc2c3c(c1)c1cc(Br)ccc1n3C=C(Cc1cccnc1)C2. The summed E-state index contributed by atoms with van der Waals surface area (Å²) >= 11 is 3.61. The Morgan fingerprint density at radius 3 is 2.90 bits per heavy atom. The maximum absolute atomic E-state index is 11.8. The summed E-state index contributed by atoms with van der Waals surface area (Å²) in [6.07, 6.45) is 8.17. The zero-order chi connectivity index (χ0) is 20.7. The number of aromatic nitrogens is 2. The van der Waals surface area contributed by atoms with Gasteiger partial charge in [-0.2, -0.15) is 0 Å². The lowest BCUT2D eigenvalue weighted by Gasteiger charge is -2.18. The van der Waals surface area contributed by atoms with Gasteiger partial charge in [-0.3, -0.25) is 9.78 Å². The molecule has 1 aliphatic rings. The topological polar surface area (TPSA) is 44.1 Å². The monoisotopic (exact) mass is 460 g/mol. The van der Waals surface area contributed by atoms with Crippen LogP contribution in [0.3, 0.4) is 0 Å². The van der Waals surface area contributed by atoms with E-state index >= 15 is 0 Å². The number of Topliss-reactive ketones (excluding diaryl/α,β-unsaturated/α-hetero) is 1. The van der Waals surface area contributed by atoms with E-state index in [0.717, 1.165) is 28.5 Å². The van der Waals surface area contributed by atoms with E-state index in [1.54, 1.807) is 6.20 Å². The molecule has 1 aliphatic heterocycles. The van der Waals surface area contributed by atoms with Crippen molar-refractivity contribution in [1.29, 1.82) is 0 Å². The van der Waals surface area contributed by atoms with Gasteiger partial charge in [0, 0.05) is 40.3 Å². The van der Waals surface area contributed by atoms with Crippen molar-refractivity contribution in [2.45, 2.75) is 26.2 Å². The summed E-state index contributed by atoms with van der Waals surface area (Å²) in [4.78, 5) is 16.0. The number of halogens is 1. The quantitative estimate of drug-likeness (QED) is 0.357. The second-order valence-corrected chi connectivity index (χ2v) is 8.61. The van der Waals surface area contributed by atoms with Gasteiger partial charge >= 0.3 is 0 Å². The largest absolute Gasteiger partial charge is 0.486 e. The van der Waals surface area contributed by atoms with Crippen molar-refractivity contribution in [3.63, 3.8) is 0 Å². The van der Waals surface area contributed by atoms with E-state index in [-0.39, 0.29) is 12.4 Å². The highest BCUT2D eigenvalue weighted by molar-refractivity contribution is 9.10. The lowest BCUT2D eigenvalue weighted by Crippen LogP contribution is -2.10. The third-order valence-corrected chi connectivity index (χ3v) is 6.08. The van der Waals surface area contributed by atoms with Gasteiger partial charge in [0.15, 0.2) is 5.78 Å². The van der Waals surface area contributed by atoms with Gasteiger partial charge in [0.05, 0.1) is 11.0 Å². The molecular weight excluding hydrogens is 440 g/mol. The number of fused-ring (bicyclic) bond motifs is 3. The number of hydrogen-bond donors (Lipinski definition) is 0. The first-order valence-corrected chi connectivity index (χ1v) is 10.9. The second kappa shape index (κ2) is 7.73. The number of carbonyl (C=O) groups excluding carboxylic acids is 1. The number of pyridine rings is 1. The van der Waals surface area contributed by atoms with Crippen LogP contribution in [0.5, 0.6) is 5.75 Å². The molecule has 0 aliphatic carbocycles. The van der Waals surface area contributed by atoms with E-state index in [1.807, 2.05) is 19.2 Å². The number of allylic oxidation sites excluding steroid dienone is 1. The number of rotatable bonds is 6. The molecule has 5 heteroatoms. The highest BCUT2D eigenvalue weighted by atomic mass is 79.9. The van der Waals surface area contributed by atoms with E-state index in [2.05, 4.69) is 68.1 Å². The molecule has 0 bridgehead atoms. The Kier molecular flexibility index (Phi) is 4.91. The molecule has 0 radical (unpaired) electrons. The third kappa shape index (κ3) is 3.43. The molecule has 3 heterocycles. The van der Waals surface area contributed by atoms with Crippen molar-refractivity contribution >= 4 is 49.7 Å². The lowest BCUT2D eigenvalue weighted by molar-refractivity contribution is -0.120. The van der Waals surface area contributed by atoms with E-state index < -0.39 is 0 Å². The Morgan fingerprint density at radius 1 is 1.20 bits per heavy atom. The summed E-state index contributed by atoms with van der Waals surface area (Å²) in [5.41, 5.74) is 6.12. The maximum atomic E-state index is 11.8. The van der Waals surface area contributed by atoms with Crippen molar-refractivity contribution in [3.05, 3.63) is 76.0 Å². The van der Waals surface area contributed by atoms with E-state index in [0.29, 0.717) is 6.42 Å². The molecule has 2 aromatic heterocycles. The number of carbonyl (C=O) groups is 1. The fourth-order valence-electron chi connectivity index (χ4n) is 4.17. The summed E-state index contributed by atoms with van der Waals surface area (Å²) in [5.74, 6) is 0.854. The predicted octanol–water partition coefficient (Wildman–Crippen LogP) is 5.95. The first kappa shape index (κ1) is 19.1. The maximum Gasteiger partial charge on any atom is 0.169 e. The van der Waals surface area contributed by atoms with Gasteiger partial charge < -0.3 is 9.30 Å². The van der Waals surface area contributed by atoms with E-state index in [4.69, 9.17) is 4.74 Å². The van der Waals surface area contributed by atoms with Gasteiger partial charge in [-0.05, 0) is 65.9 Å². The predicted molar refractivity (Wildman–Crippen MR) is 124 cm³/mol. The van der Waals surface area contributed by atoms with Gasteiger partial charge in [0.1, 0.15) is 12.4 Å². The number of benzene rings is 2. The Hall–Kier alpha value is -2.92. The van der Waals surface area contributed by atoms with Crippen LogP contribution in [0.25, 0.3) is 28.0 Å². The van der Waals surface area contributed by atoms with Crippen molar-refractivity contribution in [3.8, 4) is 5.75 Å². The van der Waals surface area contributed by atoms with Crippen LogP contribution in [0.15, 0.2) is 64.9 Å². The summed E-state index contributed by atoms with van der Waals surface area (Å²) < 4.78 is 9.21. The summed E-state index contributed by atoms with van der Waals surface area (Å²) in [6.45, 7) is 1.97. The first-order valence-electron chi connectivity index (χ1n) is 10.1. The molecule has 0 spiro atoms. The van der Waals surface area contributed by atoms with Crippen molar-refractivity contribution in [2.24, 2.45) is 0 Å². The van der Waals surface area contributed by atoms with Crippen LogP contribution in [0.1, 0.15) is 24.5 Å². The summed E-state index contributed by atoms with van der Waals surface area (Å²) in [5, 5.41) is 2.33. The minimum absolute atomic E-state index is 0.103. The van der Waals surface area contributed by atoms with Crippen LogP contribution in [0.4, 0.5) is 0 Å². The van der Waals surface area contributed by atoms with Gasteiger partial charge in [0.25, 0.3) is 0 Å². The molecule has 4 aromatic rings. The molecule has 150 valence electrons. The molecule has 0 N–H and O–H groups in total. The fraction of sp³-hybridized carbons (Fsp3) is 0.200. The van der Waals surface area contributed by atoms with Crippen LogP contribution in [-0.2, 0) is 17.6 Å². The Morgan fingerprint density at radius 2 is 2.10 bits per heavy atom. The molecule has 0 saturated carbocycles. The number of nitrogens with zero attached hydrogens (tertiary/aromatic N) is 2. The molecule has 0 fully saturated rings. The highest BCUT2D eigenvalue weighted by Crippen LogP contribution is 2.39. The Balaban J connectivity index is 1.65. The van der Waals surface area contributed by atoms with Gasteiger partial charge in [0.2, 0.25) is 0 Å². The third-order valence-electron chi connectivity index (χ3n) is 5.59. The van der Waals surface area contributed by atoms with E-state index in [1.165, 1.54) is 33.1 Å². The second-order valence-electron chi connectivity index (χ2n) is 7.69. The summed E-state index contributed by atoms with van der Waals surface area (Å²) in [7, 11) is 0. The summed E-state index contributed by atoms with van der Waals surface area (Å²) in [6, 6.07) is 14.6. The molecule has 0 unspecified atom stereocenters. The molecule has 0 saturated heterocycles. The molecule has 2 aromatic carbocycles. The van der Waals surface area contributed by atoms with Gasteiger partial charge in [-0.15, -0.1) is 0 Å². The van der Waals surface area contributed by atoms with Crippen LogP contribution in [-0.4, -0.2) is 21.9 Å².